The molecule has 1 fully saturated rings. The minimum Gasteiger partial charge on any atom is -0.360 e. The van der Waals surface area contributed by atoms with Crippen LogP contribution in [0.5, 0.6) is 0 Å². The first-order valence-electron chi connectivity index (χ1n) is 7.65. The van der Waals surface area contributed by atoms with E-state index in [2.05, 4.69) is 40.2 Å². The molecule has 0 bridgehead atoms. The second-order valence-corrected chi connectivity index (χ2v) is 6.97. The Morgan fingerprint density at radius 2 is 1.76 bits per heavy atom. The van der Waals surface area contributed by atoms with Gasteiger partial charge < -0.3 is 15.5 Å². The first-order chi connectivity index (χ1) is 9.90. The molecule has 0 radical (unpaired) electrons. The average Bonchev–Trinajstić information content (AvgIpc) is 2.41. The molecule has 122 valence electrons. The van der Waals surface area contributed by atoms with Gasteiger partial charge in [-0.05, 0) is 56.8 Å². The van der Waals surface area contributed by atoms with Crippen molar-refractivity contribution in [3.8, 4) is 0 Å². The van der Waals surface area contributed by atoms with Crippen molar-refractivity contribution in [1.82, 2.24) is 26.4 Å². The van der Waals surface area contributed by atoms with E-state index in [1.54, 1.807) is 0 Å². The van der Waals surface area contributed by atoms with Crippen LogP contribution in [0.4, 0.5) is 0 Å². The molecule has 0 unspecified atom stereocenters. The lowest BCUT2D eigenvalue weighted by molar-refractivity contribution is 0.224. The molecule has 21 heavy (non-hydrogen) atoms. The van der Waals surface area contributed by atoms with Crippen molar-refractivity contribution in [2.24, 2.45) is 11.8 Å². The van der Waals surface area contributed by atoms with Crippen molar-refractivity contribution in [3.63, 3.8) is 0 Å². The molecule has 0 aromatic rings. The molecule has 0 heterocycles. The van der Waals surface area contributed by atoms with Gasteiger partial charge in [-0.2, -0.15) is 0 Å². The van der Waals surface area contributed by atoms with Gasteiger partial charge in [-0.1, -0.05) is 26.7 Å². The Bertz CT molecular complexity index is 348. The van der Waals surface area contributed by atoms with E-state index < -0.39 is 0 Å². The first-order valence-corrected chi connectivity index (χ1v) is 8.47. The highest BCUT2D eigenvalue weighted by molar-refractivity contribution is 7.80. The van der Waals surface area contributed by atoms with Crippen LogP contribution in [0, 0.1) is 11.8 Å². The van der Waals surface area contributed by atoms with E-state index in [1.807, 2.05) is 14.1 Å². The molecule has 1 rings (SSSR count). The summed E-state index contributed by atoms with van der Waals surface area (Å²) in [4.78, 5) is 2.10. The summed E-state index contributed by atoms with van der Waals surface area (Å²) < 4.78 is 0. The third-order valence-corrected chi connectivity index (χ3v) is 4.62. The van der Waals surface area contributed by atoms with Gasteiger partial charge in [0, 0.05) is 19.1 Å². The van der Waals surface area contributed by atoms with E-state index in [0.29, 0.717) is 22.2 Å². The fraction of sp³-hybridized carbons (Fsp3) is 0.857. The maximum Gasteiger partial charge on any atom is 0.185 e. The van der Waals surface area contributed by atoms with Gasteiger partial charge in [0.1, 0.15) is 0 Å². The standard InChI is InChI=1S/C14H29N5S2/c1-10-6-5-7-12(11(10)2)16-14(21)18-17-13(20)15-8-9-19(3)4/h10-12H,5-9H2,1-4H3,(H2,15,17,20)(H2,16,18,21)/t10-,11+,12+/m0/s1. The molecule has 0 aromatic heterocycles. The van der Waals surface area contributed by atoms with Crippen LogP contribution < -0.4 is 21.5 Å². The van der Waals surface area contributed by atoms with Crippen molar-refractivity contribution in [3.05, 3.63) is 0 Å². The molecule has 1 saturated carbocycles. The molecule has 0 amide bonds. The quantitative estimate of drug-likeness (QED) is 0.456. The summed E-state index contributed by atoms with van der Waals surface area (Å²) in [6, 6.07) is 0.450. The number of hydrogen-bond donors (Lipinski definition) is 4. The monoisotopic (exact) mass is 331 g/mol. The van der Waals surface area contributed by atoms with Gasteiger partial charge in [0.2, 0.25) is 0 Å². The zero-order valence-corrected chi connectivity index (χ0v) is 15.2. The maximum atomic E-state index is 5.32. The van der Waals surface area contributed by atoms with Crippen molar-refractivity contribution >= 4 is 34.7 Å². The summed E-state index contributed by atoms with van der Waals surface area (Å²) in [5.74, 6) is 1.39. The highest BCUT2D eigenvalue weighted by atomic mass is 32.1. The van der Waals surface area contributed by atoms with Crippen LogP contribution in [0.25, 0.3) is 0 Å². The molecule has 5 nitrogen and oxygen atoms in total. The van der Waals surface area contributed by atoms with E-state index >= 15 is 0 Å². The summed E-state index contributed by atoms with van der Waals surface area (Å²) in [6.45, 7) is 6.35. The number of nitrogens with one attached hydrogen (secondary N) is 4. The molecule has 1 aliphatic rings. The molecule has 4 N–H and O–H groups in total. The van der Waals surface area contributed by atoms with E-state index in [4.69, 9.17) is 24.4 Å². The highest BCUT2D eigenvalue weighted by Gasteiger charge is 2.27. The Kier molecular flexibility index (Phi) is 8.21. The molecule has 1 aliphatic carbocycles. The zero-order valence-electron chi connectivity index (χ0n) is 13.5. The number of hydrogen-bond acceptors (Lipinski definition) is 3. The zero-order chi connectivity index (χ0) is 15.8. The minimum atomic E-state index is 0.450. The Hall–Kier alpha value is -0.660. The van der Waals surface area contributed by atoms with E-state index in [0.717, 1.165) is 19.0 Å². The predicted molar refractivity (Wildman–Crippen MR) is 97.1 cm³/mol. The van der Waals surface area contributed by atoms with Gasteiger partial charge in [-0.3, -0.25) is 10.9 Å². The summed E-state index contributed by atoms with van der Waals surface area (Å²) >= 11 is 10.5. The summed E-state index contributed by atoms with van der Waals surface area (Å²) in [7, 11) is 4.06. The van der Waals surface area contributed by atoms with Crippen molar-refractivity contribution in [1.29, 1.82) is 0 Å². The molecule has 7 heteroatoms. The van der Waals surface area contributed by atoms with Crippen LogP contribution in [0.15, 0.2) is 0 Å². The van der Waals surface area contributed by atoms with Gasteiger partial charge in [-0.15, -0.1) is 0 Å². The van der Waals surface area contributed by atoms with Gasteiger partial charge in [0.15, 0.2) is 10.2 Å². The van der Waals surface area contributed by atoms with Crippen LogP contribution >= 0.6 is 24.4 Å². The smallest absolute Gasteiger partial charge is 0.185 e. The lowest BCUT2D eigenvalue weighted by atomic mass is 9.78. The van der Waals surface area contributed by atoms with Crippen molar-refractivity contribution in [2.45, 2.75) is 39.2 Å². The van der Waals surface area contributed by atoms with Crippen molar-refractivity contribution < 1.29 is 0 Å². The topological polar surface area (TPSA) is 51.4 Å². The Balaban J connectivity index is 2.20. The van der Waals surface area contributed by atoms with Crippen LogP contribution in [-0.4, -0.2) is 48.4 Å². The Morgan fingerprint density at radius 1 is 1.10 bits per heavy atom. The highest BCUT2D eigenvalue weighted by Crippen LogP contribution is 2.29. The Labute approximate surface area is 139 Å². The first kappa shape index (κ1) is 18.4. The van der Waals surface area contributed by atoms with Gasteiger partial charge in [-0.25, -0.2) is 0 Å². The lowest BCUT2D eigenvalue weighted by Crippen LogP contribution is -2.54. The fourth-order valence-electron chi connectivity index (χ4n) is 2.54. The van der Waals surface area contributed by atoms with E-state index in [1.165, 1.54) is 19.3 Å². The number of thiocarbonyl (C=S) groups is 2. The summed E-state index contributed by atoms with van der Waals surface area (Å²) in [5, 5.41) is 7.68. The van der Waals surface area contributed by atoms with Gasteiger partial charge >= 0.3 is 0 Å². The predicted octanol–water partition coefficient (Wildman–Crippen LogP) is 1.22. The molecule has 0 aromatic carbocycles. The van der Waals surface area contributed by atoms with Crippen LogP contribution in [0.2, 0.25) is 0 Å². The third-order valence-electron chi connectivity index (χ3n) is 4.16. The van der Waals surface area contributed by atoms with Crippen molar-refractivity contribution in [2.75, 3.05) is 27.2 Å². The fourth-order valence-corrected chi connectivity index (χ4v) is 2.90. The molecule has 0 saturated heterocycles. The normalized spacial score (nSPS) is 25.3. The lowest BCUT2D eigenvalue weighted by Gasteiger charge is -2.35. The largest absolute Gasteiger partial charge is 0.360 e. The van der Waals surface area contributed by atoms with Gasteiger partial charge in [0.05, 0.1) is 0 Å². The number of hydrazine groups is 1. The third kappa shape index (κ3) is 7.24. The number of nitrogens with zero attached hydrogens (tertiary/aromatic N) is 1. The van der Waals surface area contributed by atoms with Crippen LogP contribution in [0.3, 0.4) is 0 Å². The number of likely N-dealkylation sites (N-methyl/N-ethyl adjacent to an activating group) is 1. The second kappa shape index (κ2) is 9.38. The molecule has 0 aliphatic heterocycles. The van der Waals surface area contributed by atoms with Gasteiger partial charge in [0.25, 0.3) is 0 Å². The number of rotatable bonds is 4. The SMILES string of the molecule is C[C@@H]1[C@@H](C)CCC[C@H]1NC(=S)NNC(=S)NCCN(C)C. The maximum absolute atomic E-state index is 5.32. The van der Waals surface area contributed by atoms with Crippen LogP contribution in [0.1, 0.15) is 33.1 Å². The van der Waals surface area contributed by atoms with Crippen LogP contribution in [-0.2, 0) is 0 Å². The van der Waals surface area contributed by atoms with E-state index in [9.17, 15) is 0 Å². The molecular formula is C14H29N5S2. The minimum absolute atomic E-state index is 0.450. The van der Waals surface area contributed by atoms with E-state index in [-0.39, 0.29) is 0 Å². The molecule has 3 atom stereocenters. The second-order valence-electron chi connectivity index (χ2n) is 6.16. The molecular weight excluding hydrogens is 302 g/mol. The average molecular weight is 332 g/mol. The summed E-state index contributed by atoms with van der Waals surface area (Å²) in [6.07, 6.45) is 3.76. The summed E-state index contributed by atoms with van der Waals surface area (Å²) in [5.41, 5.74) is 5.88. The Morgan fingerprint density at radius 3 is 2.43 bits per heavy atom. The molecule has 0 spiro atoms.